The molecule has 0 fully saturated rings. The van der Waals surface area contributed by atoms with Crippen LogP contribution in [0, 0.1) is 0 Å². The van der Waals surface area contributed by atoms with Crippen molar-refractivity contribution in [1.29, 1.82) is 0 Å². The average molecular weight is 918 g/mol. The molecule has 3 aliphatic carbocycles. The van der Waals surface area contributed by atoms with E-state index in [-0.39, 0.29) is 5.41 Å². The van der Waals surface area contributed by atoms with Gasteiger partial charge in [-0.25, -0.2) is 0 Å². The second-order valence-corrected chi connectivity index (χ2v) is 20.3. The number of benzene rings is 11. The van der Waals surface area contributed by atoms with Gasteiger partial charge < -0.3 is 4.90 Å². The first-order valence-corrected chi connectivity index (χ1v) is 25.3. The van der Waals surface area contributed by atoms with Crippen molar-refractivity contribution in [3.05, 3.63) is 329 Å². The first-order chi connectivity index (χ1) is 35.5. The van der Waals surface area contributed by atoms with Crippen molar-refractivity contribution >= 4 is 17.1 Å². The molecule has 1 spiro atoms. The Morgan fingerprint density at radius 3 is 1.25 bits per heavy atom. The zero-order valence-electron chi connectivity index (χ0n) is 40.4. The Bertz CT molecular complexity index is 3740. The number of anilines is 3. The summed E-state index contributed by atoms with van der Waals surface area (Å²) in [6, 6.07) is 103. The molecule has 0 N–H and O–H groups in total. The lowest BCUT2D eigenvalue weighted by atomic mass is 9.51. The van der Waals surface area contributed by atoms with E-state index in [4.69, 9.17) is 0 Å². The molecule has 0 aliphatic heterocycles. The predicted octanol–water partition coefficient (Wildman–Crippen LogP) is 17.9. The van der Waals surface area contributed by atoms with Crippen LogP contribution < -0.4 is 4.90 Å². The topological polar surface area (TPSA) is 3.24 Å². The zero-order valence-corrected chi connectivity index (χ0v) is 40.4. The smallest absolute Gasteiger partial charge is 0.0720 e. The average Bonchev–Trinajstić information content (AvgIpc) is 3.88. The molecule has 0 amide bonds. The van der Waals surface area contributed by atoms with Gasteiger partial charge >= 0.3 is 0 Å². The molecule has 0 unspecified atom stereocenters. The van der Waals surface area contributed by atoms with Gasteiger partial charge in [-0.2, -0.15) is 0 Å². The summed E-state index contributed by atoms with van der Waals surface area (Å²) in [5.74, 6) is 0. The summed E-state index contributed by atoms with van der Waals surface area (Å²) in [5, 5.41) is 0. The van der Waals surface area contributed by atoms with Crippen molar-refractivity contribution in [2.45, 2.75) is 30.1 Å². The molecule has 0 aromatic heterocycles. The van der Waals surface area contributed by atoms with E-state index in [1.165, 1.54) is 100 Å². The largest absolute Gasteiger partial charge is 0.310 e. The second-order valence-electron chi connectivity index (χ2n) is 20.3. The number of hydrogen-bond acceptors (Lipinski definition) is 1. The quantitative estimate of drug-likeness (QED) is 0.154. The number of rotatable bonds is 7. The highest BCUT2D eigenvalue weighted by Crippen LogP contribution is 2.66. The van der Waals surface area contributed by atoms with Crippen LogP contribution in [0.25, 0.3) is 44.5 Å². The van der Waals surface area contributed by atoms with Gasteiger partial charge in [-0.1, -0.05) is 250 Å². The van der Waals surface area contributed by atoms with Gasteiger partial charge in [0.25, 0.3) is 0 Å². The van der Waals surface area contributed by atoms with Crippen LogP contribution in [0.5, 0.6) is 0 Å². The third kappa shape index (κ3) is 5.89. The van der Waals surface area contributed by atoms with E-state index in [2.05, 4.69) is 292 Å². The third-order valence-electron chi connectivity index (χ3n) is 16.4. The summed E-state index contributed by atoms with van der Waals surface area (Å²) in [7, 11) is 0. The minimum Gasteiger partial charge on any atom is -0.310 e. The molecule has 14 rings (SSSR count). The van der Waals surface area contributed by atoms with E-state index in [0.717, 1.165) is 17.1 Å². The number of hydrogen-bond donors (Lipinski definition) is 0. The first kappa shape index (κ1) is 42.1. The van der Waals surface area contributed by atoms with Crippen molar-refractivity contribution < 1.29 is 0 Å². The molecule has 11 aromatic carbocycles. The molecule has 3 aliphatic rings. The standard InChI is InChI=1S/C71H51N/c1-69(2)59-34-17-15-32-56(59)57-43-42-54(47-66(57)69)72(55-45-50(48-24-7-3-8-25-48)44-51(46-55)49-26-9-4-10-27-49)67-41-23-40-65-68(67)58-33-16-18-35-60(58)71(65)63-38-21-19-36-61(63)70(52-28-11-5-12-29-52,53-30-13-6-14-31-53)62-37-20-22-39-64(62)71/h3-47H,1-2H3. The molecule has 1 heteroatoms. The van der Waals surface area contributed by atoms with Crippen LogP contribution in [0.1, 0.15) is 69.5 Å². The van der Waals surface area contributed by atoms with Gasteiger partial charge in [0, 0.05) is 22.4 Å². The van der Waals surface area contributed by atoms with Crippen molar-refractivity contribution in [1.82, 2.24) is 0 Å². The van der Waals surface area contributed by atoms with E-state index >= 15 is 0 Å². The molecular weight excluding hydrogens is 867 g/mol. The molecule has 0 atom stereocenters. The number of nitrogens with zero attached hydrogens (tertiary/aromatic N) is 1. The maximum absolute atomic E-state index is 2.58. The summed E-state index contributed by atoms with van der Waals surface area (Å²) in [5.41, 5.74) is 24.8. The van der Waals surface area contributed by atoms with Crippen LogP contribution in [-0.2, 0) is 16.2 Å². The predicted molar refractivity (Wildman–Crippen MR) is 299 cm³/mol. The summed E-state index contributed by atoms with van der Waals surface area (Å²) in [6.45, 7) is 4.77. The van der Waals surface area contributed by atoms with E-state index in [9.17, 15) is 0 Å². The van der Waals surface area contributed by atoms with E-state index < -0.39 is 10.8 Å². The summed E-state index contributed by atoms with van der Waals surface area (Å²) in [4.78, 5) is 2.58. The van der Waals surface area contributed by atoms with Gasteiger partial charge in [-0.15, -0.1) is 0 Å². The van der Waals surface area contributed by atoms with Gasteiger partial charge in [0.1, 0.15) is 0 Å². The van der Waals surface area contributed by atoms with Crippen molar-refractivity contribution in [3.8, 4) is 44.5 Å². The fourth-order valence-corrected chi connectivity index (χ4v) is 13.4. The lowest BCUT2D eigenvalue weighted by molar-refractivity contribution is 0.623. The molecule has 0 saturated carbocycles. The Hall–Kier alpha value is -8.78. The van der Waals surface area contributed by atoms with E-state index in [1.54, 1.807) is 0 Å². The van der Waals surface area contributed by atoms with Gasteiger partial charge in [0.05, 0.1) is 16.5 Å². The highest BCUT2D eigenvalue weighted by atomic mass is 15.1. The molecule has 0 heterocycles. The first-order valence-electron chi connectivity index (χ1n) is 25.3. The van der Waals surface area contributed by atoms with Crippen LogP contribution in [0.3, 0.4) is 0 Å². The number of fused-ring (bicyclic) bond motifs is 12. The highest BCUT2D eigenvalue weighted by Gasteiger charge is 2.57. The van der Waals surface area contributed by atoms with Crippen molar-refractivity contribution in [3.63, 3.8) is 0 Å². The Morgan fingerprint density at radius 2 is 0.694 bits per heavy atom. The van der Waals surface area contributed by atoms with Crippen LogP contribution in [0.15, 0.2) is 273 Å². The fraction of sp³-hybridized carbons (Fsp3) is 0.0704. The SMILES string of the molecule is CC1(C)c2ccccc2-c2ccc(N(c3cc(-c4ccccc4)cc(-c4ccccc4)c3)c3cccc4c3-c3ccccc3C43c4ccccc4C(c4ccccc4)(c4ccccc4)c4ccccc43)cc21. The van der Waals surface area contributed by atoms with Gasteiger partial charge in [-0.3, -0.25) is 0 Å². The third-order valence-corrected chi connectivity index (χ3v) is 16.4. The molecule has 340 valence electrons. The monoisotopic (exact) mass is 917 g/mol. The van der Waals surface area contributed by atoms with Gasteiger partial charge in [0.15, 0.2) is 0 Å². The highest BCUT2D eigenvalue weighted by molar-refractivity contribution is 6.00. The molecule has 72 heavy (non-hydrogen) atoms. The molecule has 0 saturated heterocycles. The fourth-order valence-electron chi connectivity index (χ4n) is 13.4. The minimum absolute atomic E-state index is 0.191. The van der Waals surface area contributed by atoms with Crippen LogP contribution in [0.2, 0.25) is 0 Å². The molecule has 0 radical (unpaired) electrons. The molecule has 11 aromatic rings. The van der Waals surface area contributed by atoms with Crippen LogP contribution >= 0.6 is 0 Å². The Labute approximate surface area is 423 Å². The Morgan fingerprint density at radius 1 is 0.264 bits per heavy atom. The Kier molecular flexibility index (Phi) is 9.44. The van der Waals surface area contributed by atoms with E-state index in [0.29, 0.717) is 0 Å². The maximum Gasteiger partial charge on any atom is 0.0720 e. The van der Waals surface area contributed by atoms with Crippen molar-refractivity contribution in [2.75, 3.05) is 4.90 Å². The van der Waals surface area contributed by atoms with Crippen LogP contribution in [0.4, 0.5) is 17.1 Å². The lowest BCUT2D eigenvalue weighted by Gasteiger charge is -2.50. The van der Waals surface area contributed by atoms with Crippen molar-refractivity contribution in [2.24, 2.45) is 0 Å². The molecule has 0 bridgehead atoms. The van der Waals surface area contributed by atoms with E-state index in [1.807, 2.05) is 0 Å². The summed E-state index contributed by atoms with van der Waals surface area (Å²) < 4.78 is 0. The molecular formula is C71H51N. The second kappa shape index (κ2) is 16.1. The normalized spacial score (nSPS) is 14.6. The lowest BCUT2D eigenvalue weighted by Crippen LogP contribution is -2.44. The van der Waals surface area contributed by atoms with Crippen LogP contribution in [-0.4, -0.2) is 0 Å². The van der Waals surface area contributed by atoms with Gasteiger partial charge in [-0.05, 0) is 131 Å². The molecule has 1 nitrogen and oxygen atoms in total. The summed E-state index contributed by atoms with van der Waals surface area (Å²) >= 11 is 0. The zero-order chi connectivity index (χ0) is 48.0. The van der Waals surface area contributed by atoms with Gasteiger partial charge in [0.2, 0.25) is 0 Å². The summed E-state index contributed by atoms with van der Waals surface area (Å²) in [6.07, 6.45) is 0. The Balaban J connectivity index is 1.09. The maximum atomic E-state index is 2.58. The minimum atomic E-state index is -0.642.